The fourth-order valence-electron chi connectivity index (χ4n) is 2.94. The van der Waals surface area contributed by atoms with Crippen LogP contribution in [0.2, 0.25) is 0 Å². The van der Waals surface area contributed by atoms with E-state index in [1.54, 1.807) is 0 Å². The Hall–Kier alpha value is -2.42. The molecule has 5 N–H and O–H groups in total. The lowest BCUT2D eigenvalue weighted by atomic mass is 10.1. The largest absolute Gasteiger partial charge is 0.393 e. The molecule has 1 fully saturated rings. The third-order valence-corrected chi connectivity index (χ3v) is 4.65. The molecule has 8 nitrogen and oxygen atoms in total. The fourth-order valence-corrected chi connectivity index (χ4v) is 2.94. The number of nitrogens with zero attached hydrogens (tertiary/aromatic N) is 2. The highest BCUT2D eigenvalue weighted by atomic mass is 16.5. The van der Waals surface area contributed by atoms with Crippen molar-refractivity contribution in [3.63, 3.8) is 0 Å². The van der Waals surface area contributed by atoms with Crippen molar-refractivity contribution in [2.24, 2.45) is 10.7 Å². The summed E-state index contributed by atoms with van der Waals surface area (Å²) in [6.07, 6.45) is 2.08. The zero-order valence-electron chi connectivity index (χ0n) is 17.4. The molecule has 1 aromatic rings. The van der Waals surface area contributed by atoms with Crippen LogP contribution in [0.5, 0.6) is 0 Å². The van der Waals surface area contributed by atoms with Gasteiger partial charge in [-0.2, -0.15) is 0 Å². The summed E-state index contributed by atoms with van der Waals surface area (Å²) >= 11 is 0. The van der Waals surface area contributed by atoms with Crippen LogP contribution in [0, 0.1) is 5.41 Å². The molecule has 8 heteroatoms. The first-order valence-corrected chi connectivity index (χ1v) is 10.1. The van der Waals surface area contributed by atoms with Crippen LogP contribution in [0.3, 0.4) is 0 Å². The van der Waals surface area contributed by atoms with Crippen LogP contribution in [0.15, 0.2) is 40.8 Å². The second-order valence-electron chi connectivity index (χ2n) is 6.94. The summed E-state index contributed by atoms with van der Waals surface area (Å²) in [5, 5.41) is 14.2. The fraction of sp³-hybridized carbons (Fsp3) is 0.524. The minimum absolute atomic E-state index is 0.0744. The molecule has 0 spiro atoms. The van der Waals surface area contributed by atoms with Gasteiger partial charge in [0.05, 0.1) is 13.2 Å². The topological polar surface area (TPSA) is 108 Å². The van der Waals surface area contributed by atoms with Gasteiger partial charge in [0, 0.05) is 32.8 Å². The van der Waals surface area contributed by atoms with Gasteiger partial charge in [-0.15, -0.1) is 0 Å². The molecule has 0 aliphatic carbocycles. The van der Waals surface area contributed by atoms with E-state index in [-0.39, 0.29) is 11.5 Å². The molecule has 29 heavy (non-hydrogen) atoms. The number of unbranched alkanes of at least 4 members (excludes halogenated alkanes) is 1. The summed E-state index contributed by atoms with van der Waals surface area (Å²) in [5.41, 5.74) is 8.66. The van der Waals surface area contributed by atoms with Crippen molar-refractivity contribution in [3.05, 3.63) is 46.9 Å². The maximum Gasteiger partial charge on any atom is 0.171 e. The lowest BCUT2D eigenvalue weighted by molar-refractivity contribution is 0.0342. The summed E-state index contributed by atoms with van der Waals surface area (Å²) in [6, 6.07) is 8.46. The molecule has 1 aromatic carbocycles. The first-order chi connectivity index (χ1) is 14.1. The molecule has 0 aromatic heterocycles. The van der Waals surface area contributed by atoms with Crippen molar-refractivity contribution in [1.29, 1.82) is 5.41 Å². The molecule has 1 aliphatic heterocycles. The van der Waals surface area contributed by atoms with E-state index < -0.39 is 0 Å². The molecular weight excluding hydrogens is 368 g/mol. The van der Waals surface area contributed by atoms with Crippen LogP contribution in [0.4, 0.5) is 0 Å². The van der Waals surface area contributed by atoms with Gasteiger partial charge in [-0.05, 0) is 24.3 Å². The molecule has 1 saturated heterocycles. The Morgan fingerprint density at radius 2 is 2.07 bits per heavy atom. The van der Waals surface area contributed by atoms with Crippen molar-refractivity contribution in [1.82, 2.24) is 15.5 Å². The van der Waals surface area contributed by atoms with Crippen LogP contribution < -0.4 is 16.4 Å². The number of rotatable bonds is 12. The molecule has 0 unspecified atom stereocenters. The van der Waals surface area contributed by atoms with E-state index in [9.17, 15) is 0 Å². The predicted octanol–water partition coefficient (Wildman–Crippen LogP) is 1.78. The Balaban J connectivity index is 1.95. The lowest BCUT2D eigenvalue weighted by Crippen LogP contribution is -2.35. The van der Waals surface area contributed by atoms with Crippen molar-refractivity contribution in [3.8, 4) is 0 Å². The van der Waals surface area contributed by atoms with E-state index in [0.717, 1.165) is 51.3 Å². The quantitative estimate of drug-likeness (QED) is 0.184. The molecule has 1 heterocycles. The van der Waals surface area contributed by atoms with Crippen molar-refractivity contribution >= 4 is 12.6 Å². The Bertz CT molecular complexity index is 686. The zero-order chi connectivity index (χ0) is 20.9. The number of nitrogens with one attached hydrogen (secondary N) is 3. The Labute approximate surface area is 173 Å². The van der Waals surface area contributed by atoms with Gasteiger partial charge < -0.3 is 25.8 Å². The van der Waals surface area contributed by atoms with Gasteiger partial charge in [0.25, 0.3) is 0 Å². The Kier molecular flexibility index (Phi) is 10.2. The first-order valence-electron chi connectivity index (χ1n) is 10.1. The van der Waals surface area contributed by atoms with Gasteiger partial charge in [0.15, 0.2) is 5.84 Å². The van der Waals surface area contributed by atoms with Crippen LogP contribution in [0.1, 0.15) is 30.9 Å². The van der Waals surface area contributed by atoms with Crippen LogP contribution in [-0.2, 0) is 22.6 Å². The lowest BCUT2D eigenvalue weighted by Gasteiger charge is -2.26. The monoisotopic (exact) mass is 402 g/mol. The SMILES string of the molecule is C=NC(=N)/C(N)=C(\NCOCCCC)NCc1cccc(CN2CCOCC2)c1. The third kappa shape index (κ3) is 8.23. The number of aliphatic imine (C=N–C) groups is 1. The normalized spacial score (nSPS) is 15.5. The molecule has 0 saturated carbocycles. The summed E-state index contributed by atoms with van der Waals surface area (Å²) in [7, 11) is 0. The first kappa shape index (κ1) is 22.9. The molecule has 0 atom stereocenters. The van der Waals surface area contributed by atoms with Gasteiger partial charge in [0.1, 0.15) is 18.2 Å². The number of morpholine rings is 1. The number of ether oxygens (including phenoxy) is 2. The number of amidine groups is 1. The summed E-state index contributed by atoms with van der Waals surface area (Å²) in [4.78, 5) is 6.01. The van der Waals surface area contributed by atoms with E-state index in [2.05, 4.69) is 58.4 Å². The summed E-state index contributed by atoms with van der Waals surface area (Å²) in [5.74, 6) is 0.451. The highest BCUT2D eigenvalue weighted by Crippen LogP contribution is 2.10. The van der Waals surface area contributed by atoms with Crippen molar-refractivity contribution in [2.75, 3.05) is 39.6 Å². The third-order valence-electron chi connectivity index (χ3n) is 4.65. The highest BCUT2D eigenvalue weighted by molar-refractivity contribution is 5.98. The van der Waals surface area contributed by atoms with Crippen molar-refractivity contribution < 1.29 is 9.47 Å². The second-order valence-corrected chi connectivity index (χ2v) is 6.94. The average Bonchev–Trinajstić information content (AvgIpc) is 2.75. The number of hydrogen-bond acceptors (Lipinski definition) is 7. The Morgan fingerprint density at radius 3 is 2.79 bits per heavy atom. The maximum absolute atomic E-state index is 7.83. The highest BCUT2D eigenvalue weighted by Gasteiger charge is 2.11. The minimum Gasteiger partial charge on any atom is -0.393 e. The maximum atomic E-state index is 7.83. The summed E-state index contributed by atoms with van der Waals surface area (Å²) in [6.45, 7) is 11.5. The van der Waals surface area contributed by atoms with Gasteiger partial charge >= 0.3 is 0 Å². The van der Waals surface area contributed by atoms with Crippen LogP contribution >= 0.6 is 0 Å². The molecule has 2 rings (SSSR count). The van der Waals surface area contributed by atoms with E-state index in [1.807, 2.05) is 0 Å². The predicted molar refractivity (Wildman–Crippen MR) is 117 cm³/mol. The number of hydrogen-bond donors (Lipinski definition) is 4. The molecule has 0 bridgehead atoms. The second kappa shape index (κ2) is 12.9. The van der Waals surface area contributed by atoms with Crippen molar-refractivity contribution in [2.45, 2.75) is 32.9 Å². The minimum atomic E-state index is -0.0744. The van der Waals surface area contributed by atoms with E-state index in [4.69, 9.17) is 20.6 Å². The smallest absolute Gasteiger partial charge is 0.171 e. The van der Waals surface area contributed by atoms with E-state index >= 15 is 0 Å². The van der Waals surface area contributed by atoms with Crippen LogP contribution in [0.25, 0.3) is 0 Å². The zero-order valence-corrected chi connectivity index (χ0v) is 17.4. The van der Waals surface area contributed by atoms with Gasteiger partial charge in [-0.25, -0.2) is 4.99 Å². The van der Waals surface area contributed by atoms with Gasteiger partial charge in [-0.3, -0.25) is 10.3 Å². The van der Waals surface area contributed by atoms with Gasteiger partial charge in [-0.1, -0.05) is 37.6 Å². The molecule has 0 amide bonds. The molecular formula is C21H34N6O2. The standard InChI is InChI=1S/C21H34N6O2/c1-3-4-10-29-16-26-21(19(22)20(23)24-2)25-14-17-6-5-7-18(13-17)15-27-8-11-28-12-9-27/h5-7,13,23,25-26H,2-4,8-12,14-16,22H2,1H3/b21-19+,23-20?. The van der Waals surface area contributed by atoms with Gasteiger partial charge in [0.2, 0.25) is 0 Å². The van der Waals surface area contributed by atoms with E-state index in [0.29, 0.717) is 25.7 Å². The average molecular weight is 403 g/mol. The number of nitrogens with two attached hydrogens (primary N) is 1. The molecule has 160 valence electrons. The number of benzene rings is 1. The molecule has 0 radical (unpaired) electrons. The molecule has 1 aliphatic rings. The Morgan fingerprint density at radius 1 is 1.31 bits per heavy atom. The van der Waals surface area contributed by atoms with Crippen LogP contribution in [-0.4, -0.2) is 57.1 Å². The van der Waals surface area contributed by atoms with E-state index in [1.165, 1.54) is 5.56 Å². The summed E-state index contributed by atoms with van der Waals surface area (Å²) < 4.78 is 11.0.